The molecule has 18 heavy (non-hydrogen) atoms. The van der Waals surface area contributed by atoms with Crippen molar-refractivity contribution in [3.05, 3.63) is 35.4 Å². The molecule has 0 aromatic heterocycles. The predicted molar refractivity (Wildman–Crippen MR) is 66.2 cm³/mol. The molecule has 2 atom stereocenters. The Kier molecular flexibility index (Phi) is 5.02. The van der Waals surface area contributed by atoms with E-state index in [1.54, 1.807) is 26.4 Å². The Morgan fingerprint density at radius 1 is 0.944 bits per heavy atom. The third-order valence-corrected chi connectivity index (χ3v) is 2.95. The number of benzene rings is 1. The Morgan fingerprint density at radius 2 is 1.39 bits per heavy atom. The summed E-state index contributed by atoms with van der Waals surface area (Å²) in [5.74, 6) is -0.162. The van der Waals surface area contributed by atoms with E-state index in [0.29, 0.717) is 0 Å². The first-order valence-electron chi connectivity index (χ1n) is 5.76. The fourth-order valence-electron chi connectivity index (χ4n) is 2.03. The average Bonchev–Trinajstić information content (AvgIpc) is 2.33. The lowest BCUT2D eigenvalue weighted by Crippen LogP contribution is -2.28. The highest BCUT2D eigenvalue weighted by molar-refractivity contribution is 5.26. The second-order valence-corrected chi connectivity index (χ2v) is 4.26. The first kappa shape index (κ1) is 13.9. The van der Waals surface area contributed by atoms with Gasteiger partial charge < -0.3 is 9.47 Å². The van der Waals surface area contributed by atoms with Gasteiger partial charge in [-0.2, -0.15) is 10.5 Å². The van der Waals surface area contributed by atoms with Crippen LogP contribution in [0.15, 0.2) is 24.3 Å². The van der Waals surface area contributed by atoms with Crippen LogP contribution < -0.4 is 0 Å². The van der Waals surface area contributed by atoms with E-state index in [0.717, 1.165) is 11.1 Å². The van der Waals surface area contributed by atoms with Gasteiger partial charge in [-0.05, 0) is 26.3 Å². The fraction of sp³-hybridized carbons (Fsp3) is 0.429. The highest BCUT2D eigenvalue weighted by Crippen LogP contribution is 2.27. The number of nitrogens with zero attached hydrogens (tertiary/aromatic N) is 2. The number of aryl methyl sites for hydroxylation is 1. The van der Waals surface area contributed by atoms with Crippen molar-refractivity contribution >= 4 is 0 Å². The molecule has 0 heterocycles. The number of nitriles is 2. The summed E-state index contributed by atoms with van der Waals surface area (Å²) in [6, 6.07) is 7.91. The van der Waals surface area contributed by atoms with E-state index in [1.165, 1.54) is 0 Å². The van der Waals surface area contributed by atoms with Crippen LogP contribution >= 0.6 is 0 Å². The van der Waals surface area contributed by atoms with Gasteiger partial charge in [0.2, 0.25) is 0 Å². The lowest BCUT2D eigenvalue weighted by atomic mass is 9.89. The van der Waals surface area contributed by atoms with Crippen LogP contribution in [0.4, 0.5) is 0 Å². The molecule has 0 fully saturated rings. The van der Waals surface area contributed by atoms with E-state index in [4.69, 9.17) is 20.0 Å². The highest BCUT2D eigenvalue weighted by Gasteiger charge is 2.28. The molecule has 0 radical (unpaired) electrons. The summed E-state index contributed by atoms with van der Waals surface area (Å²) in [4.78, 5) is 0. The summed E-state index contributed by atoms with van der Waals surface area (Å²) in [6.07, 6.45) is 2.68. The zero-order valence-corrected chi connectivity index (χ0v) is 10.8. The molecule has 0 aliphatic rings. The molecule has 94 valence electrons. The first-order valence-corrected chi connectivity index (χ1v) is 5.76. The third-order valence-electron chi connectivity index (χ3n) is 2.95. The maximum atomic E-state index is 8.61. The molecule has 0 saturated heterocycles. The summed E-state index contributed by atoms with van der Waals surface area (Å²) < 4.78 is 9.94. The largest absolute Gasteiger partial charge is 0.424 e. The normalized spacial score (nSPS) is 14.7. The smallest absolute Gasteiger partial charge is 0.286 e. The van der Waals surface area contributed by atoms with Gasteiger partial charge in [0.15, 0.2) is 0 Å². The average molecular weight is 244 g/mol. The minimum Gasteiger partial charge on any atom is -0.424 e. The highest BCUT2D eigenvalue weighted by atomic mass is 16.5. The molecule has 1 rings (SSSR count). The van der Waals surface area contributed by atoms with Crippen LogP contribution in [0.2, 0.25) is 0 Å². The van der Waals surface area contributed by atoms with E-state index in [2.05, 4.69) is 0 Å². The minimum absolute atomic E-state index is 0.162. The number of rotatable bonds is 5. The molecule has 4 nitrogen and oxygen atoms in total. The van der Waals surface area contributed by atoms with Gasteiger partial charge in [-0.15, -0.1) is 0 Å². The van der Waals surface area contributed by atoms with Gasteiger partial charge in [0.1, 0.15) is 12.2 Å². The van der Waals surface area contributed by atoms with Gasteiger partial charge in [-0.25, -0.2) is 0 Å². The lowest BCUT2D eigenvalue weighted by Gasteiger charge is -2.26. The van der Waals surface area contributed by atoms with Crippen LogP contribution in [0.3, 0.4) is 0 Å². The standard InChI is InChI=1S/C14H16N2O2/c1-10-4-6-13(7-5-10)14(11(2)17-8-15)12(3)18-9-16/h4-7,11-12,14H,1-3H3. The molecule has 0 amide bonds. The van der Waals surface area contributed by atoms with Crippen molar-refractivity contribution in [1.29, 1.82) is 10.5 Å². The number of ether oxygens (including phenoxy) is 2. The Morgan fingerprint density at radius 3 is 1.78 bits per heavy atom. The Hall–Kier alpha value is -2.20. The molecule has 1 aromatic carbocycles. The molecule has 0 saturated carbocycles. The van der Waals surface area contributed by atoms with Gasteiger partial charge in [-0.1, -0.05) is 29.8 Å². The van der Waals surface area contributed by atoms with Crippen LogP contribution in [0.1, 0.15) is 30.9 Å². The molecule has 1 aromatic rings. The van der Waals surface area contributed by atoms with Crippen molar-refractivity contribution < 1.29 is 9.47 Å². The molecule has 0 aliphatic carbocycles. The van der Waals surface area contributed by atoms with Crippen molar-refractivity contribution in [2.45, 2.75) is 38.9 Å². The monoisotopic (exact) mass is 244 g/mol. The van der Waals surface area contributed by atoms with Crippen LogP contribution in [0.5, 0.6) is 0 Å². The van der Waals surface area contributed by atoms with E-state index in [9.17, 15) is 0 Å². The van der Waals surface area contributed by atoms with Crippen molar-refractivity contribution in [3.8, 4) is 12.5 Å². The zero-order chi connectivity index (χ0) is 13.5. The summed E-state index contributed by atoms with van der Waals surface area (Å²) in [7, 11) is 0. The Labute approximate surface area is 107 Å². The molecule has 4 heteroatoms. The van der Waals surface area contributed by atoms with Gasteiger partial charge >= 0.3 is 0 Å². The second kappa shape index (κ2) is 6.51. The summed E-state index contributed by atoms with van der Waals surface area (Å²) in [5.41, 5.74) is 2.14. The summed E-state index contributed by atoms with van der Waals surface area (Å²) in [6.45, 7) is 5.60. The van der Waals surface area contributed by atoms with Gasteiger partial charge in [0, 0.05) is 0 Å². The van der Waals surface area contributed by atoms with Crippen LogP contribution in [0, 0.1) is 30.0 Å². The maximum absolute atomic E-state index is 8.61. The van der Waals surface area contributed by atoms with Crippen molar-refractivity contribution in [1.82, 2.24) is 0 Å². The molecule has 2 unspecified atom stereocenters. The van der Waals surface area contributed by atoms with Crippen LogP contribution in [0.25, 0.3) is 0 Å². The Balaban J connectivity index is 3.00. The quantitative estimate of drug-likeness (QED) is 0.747. The molecular weight excluding hydrogens is 228 g/mol. The van der Waals surface area contributed by atoms with Crippen molar-refractivity contribution in [2.75, 3.05) is 0 Å². The minimum atomic E-state index is -0.346. The lowest BCUT2D eigenvalue weighted by molar-refractivity contribution is 0.0652. The predicted octanol–water partition coefficient (Wildman–Crippen LogP) is 2.85. The van der Waals surface area contributed by atoms with E-state index < -0.39 is 0 Å². The topological polar surface area (TPSA) is 66.0 Å². The number of hydrogen-bond acceptors (Lipinski definition) is 4. The third kappa shape index (κ3) is 3.40. The summed E-state index contributed by atoms with van der Waals surface area (Å²) in [5, 5.41) is 17.2. The fourth-order valence-corrected chi connectivity index (χ4v) is 2.03. The van der Waals surface area contributed by atoms with Crippen LogP contribution in [-0.2, 0) is 9.47 Å². The molecule has 0 N–H and O–H groups in total. The van der Waals surface area contributed by atoms with E-state index in [1.807, 2.05) is 31.2 Å². The summed E-state index contributed by atoms with van der Waals surface area (Å²) >= 11 is 0. The molecule has 0 bridgehead atoms. The van der Waals surface area contributed by atoms with Crippen molar-refractivity contribution in [3.63, 3.8) is 0 Å². The molecular formula is C14H16N2O2. The van der Waals surface area contributed by atoms with Gasteiger partial charge in [0.25, 0.3) is 12.5 Å². The van der Waals surface area contributed by atoms with Crippen molar-refractivity contribution in [2.24, 2.45) is 0 Å². The maximum Gasteiger partial charge on any atom is 0.286 e. The van der Waals surface area contributed by atoms with Crippen LogP contribution in [-0.4, -0.2) is 12.2 Å². The molecule has 0 spiro atoms. The number of hydrogen-bond donors (Lipinski definition) is 0. The molecule has 0 aliphatic heterocycles. The Bertz CT molecular complexity index is 434. The van der Waals surface area contributed by atoms with E-state index in [-0.39, 0.29) is 18.1 Å². The second-order valence-electron chi connectivity index (χ2n) is 4.26. The first-order chi connectivity index (χ1) is 8.60. The van der Waals surface area contributed by atoms with Gasteiger partial charge in [0.05, 0.1) is 5.92 Å². The van der Waals surface area contributed by atoms with Gasteiger partial charge in [-0.3, -0.25) is 0 Å². The zero-order valence-electron chi connectivity index (χ0n) is 10.8. The SMILES string of the molecule is Cc1ccc(C(C(C)OC#N)C(C)OC#N)cc1. The van der Waals surface area contributed by atoms with E-state index >= 15 is 0 Å².